The van der Waals surface area contributed by atoms with Crippen molar-refractivity contribution in [1.82, 2.24) is 20.6 Å². The van der Waals surface area contributed by atoms with Gasteiger partial charge in [-0.3, -0.25) is 0 Å². The number of urea groups is 1. The molecule has 0 radical (unpaired) electrons. The molecule has 0 saturated carbocycles. The first kappa shape index (κ1) is 21.4. The van der Waals surface area contributed by atoms with Crippen molar-refractivity contribution < 1.29 is 14.3 Å². The lowest BCUT2D eigenvalue weighted by atomic mass is 9.95. The standard InChI is InChI=1S/C19H17ClN6O3S/c1-2-29-17(27)14-13(9-30-19-23-8-11(7-21)16(22)26-19)24-18(28)25-15(14)10-3-5-12(20)6-4-10/h3-6,8,15H,2,9H2,1H3,(H2,22,23,26)(H2,24,25,28). The van der Waals surface area contributed by atoms with Crippen LogP contribution in [0.2, 0.25) is 5.02 Å². The second-order valence-corrected chi connectivity index (χ2v) is 7.43. The van der Waals surface area contributed by atoms with Gasteiger partial charge in [0, 0.05) is 16.5 Å². The number of nitrogens with two attached hydrogens (primary N) is 1. The van der Waals surface area contributed by atoms with Crippen LogP contribution in [0.3, 0.4) is 0 Å². The number of benzene rings is 1. The van der Waals surface area contributed by atoms with Crippen molar-refractivity contribution in [3.8, 4) is 6.07 Å². The lowest BCUT2D eigenvalue weighted by Crippen LogP contribution is -2.46. The van der Waals surface area contributed by atoms with E-state index in [1.54, 1.807) is 31.2 Å². The molecule has 1 aliphatic rings. The van der Waals surface area contributed by atoms with Crippen LogP contribution in [0, 0.1) is 11.3 Å². The first-order valence-electron chi connectivity index (χ1n) is 8.81. The monoisotopic (exact) mass is 444 g/mol. The Morgan fingerprint density at radius 2 is 2.13 bits per heavy atom. The quantitative estimate of drug-likeness (QED) is 0.350. The van der Waals surface area contributed by atoms with Crippen molar-refractivity contribution >= 4 is 41.2 Å². The average molecular weight is 445 g/mol. The number of esters is 1. The van der Waals surface area contributed by atoms with Crippen molar-refractivity contribution in [3.63, 3.8) is 0 Å². The first-order chi connectivity index (χ1) is 14.4. The van der Waals surface area contributed by atoms with E-state index in [0.717, 1.165) is 11.8 Å². The molecular weight excluding hydrogens is 428 g/mol. The second kappa shape index (κ2) is 9.47. The minimum atomic E-state index is -0.711. The van der Waals surface area contributed by atoms with E-state index in [2.05, 4.69) is 20.6 Å². The molecule has 1 aromatic carbocycles. The molecule has 11 heteroatoms. The average Bonchev–Trinajstić information content (AvgIpc) is 2.72. The number of carbonyl (C=O) groups excluding carboxylic acids is 2. The molecule has 0 aliphatic carbocycles. The van der Waals surface area contributed by atoms with E-state index in [0.29, 0.717) is 21.4 Å². The van der Waals surface area contributed by atoms with Crippen LogP contribution in [-0.4, -0.2) is 34.3 Å². The number of hydrogen-bond donors (Lipinski definition) is 3. The zero-order valence-electron chi connectivity index (χ0n) is 15.8. The third-order valence-corrected chi connectivity index (χ3v) is 5.25. The lowest BCUT2D eigenvalue weighted by molar-refractivity contribution is -0.139. The molecule has 1 unspecified atom stereocenters. The summed E-state index contributed by atoms with van der Waals surface area (Å²) in [6.45, 7) is 1.88. The molecule has 30 heavy (non-hydrogen) atoms. The summed E-state index contributed by atoms with van der Waals surface area (Å²) in [6, 6.07) is 7.53. The van der Waals surface area contributed by atoms with Crippen LogP contribution in [0.25, 0.3) is 0 Å². The molecule has 0 bridgehead atoms. The predicted octanol–water partition coefficient (Wildman–Crippen LogP) is 2.55. The maximum absolute atomic E-state index is 12.7. The summed E-state index contributed by atoms with van der Waals surface area (Å²) in [4.78, 5) is 33.1. The number of ether oxygens (including phenoxy) is 1. The van der Waals surface area contributed by atoms with Gasteiger partial charge in [0.2, 0.25) is 0 Å². The van der Waals surface area contributed by atoms with E-state index in [1.165, 1.54) is 6.20 Å². The number of rotatable bonds is 6. The summed E-state index contributed by atoms with van der Waals surface area (Å²) >= 11 is 7.12. The van der Waals surface area contributed by atoms with E-state index in [9.17, 15) is 9.59 Å². The molecule has 1 atom stereocenters. The molecule has 0 saturated heterocycles. The number of halogens is 1. The Labute approximate surface area is 181 Å². The summed E-state index contributed by atoms with van der Waals surface area (Å²) < 4.78 is 5.21. The van der Waals surface area contributed by atoms with E-state index in [-0.39, 0.29) is 29.3 Å². The van der Waals surface area contributed by atoms with E-state index < -0.39 is 18.0 Å². The SMILES string of the molecule is CCOC(=O)C1=C(CSc2ncc(C#N)c(N)n2)NC(=O)NC1c1ccc(Cl)cc1. The van der Waals surface area contributed by atoms with Crippen LogP contribution < -0.4 is 16.4 Å². The van der Waals surface area contributed by atoms with Crippen molar-refractivity contribution in [2.24, 2.45) is 0 Å². The largest absolute Gasteiger partial charge is 0.463 e. The van der Waals surface area contributed by atoms with Crippen LogP contribution >= 0.6 is 23.4 Å². The summed E-state index contributed by atoms with van der Waals surface area (Å²) in [5.41, 5.74) is 7.21. The molecule has 4 N–H and O–H groups in total. The van der Waals surface area contributed by atoms with Gasteiger partial charge in [-0.05, 0) is 24.6 Å². The Bertz CT molecular complexity index is 1050. The normalized spacial score (nSPS) is 15.8. The summed E-state index contributed by atoms with van der Waals surface area (Å²) in [5.74, 6) is -0.319. The van der Waals surface area contributed by atoms with Crippen LogP contribution in [0.1, 0.15) is 24.1 Å². The zero-order valence-corrected chi connectivity index (χ0v) is 17.4. The number of nitriles is 1. The van der Waals surface area contributed by atoms with E-state index in [4.69, 9.17) is 27.3 Å². The number of thioether (sulfide) groups is 1. The fraction of sp³-hybridized carbons (Fsp3) is 0.211. The summed E-state index contributed by atoms with van der Waals surface area (Å²) in [5, 5.41) is 15.2. The van der Waals surface area contributed by atoms with Gasteiger partial charge in [0.05, 0.1) is 24.4 Å². The first-order valence-corrected chi connectivity index (χ1v) is 10.2. The van der Waals surface area contributed by atoms with Gasteiger partial charge in [-0.2, -0.15) is 5.26 Å². The number of nitrogens with zero attached hydrogens (tertiary/aromatic N) is 3. The Morgan fingerprint density at radius 3 is 2.77 bits per heavy atom. The number of aromatic nitrogens is 2. The summed E-state index contributed by atoms with van der Waals surface area (Å²) in [6.07, 6.45) is 1.32. The zero-order chi connectivity index (χ0) is 21.7. The maximum Gasteiger partial charge on any atom is 0.338 e. The van der Waals surface area contributed by atoms with Crippen molar-refractivity contribution in [1.29, 1.82) is 5.26 Å². The Balaban J connectivity index is 1.95. The number of nitrogen functional groups attached to an aromatic ring is 1. The molecule has 0 spiro atoms. The van der Waals surface area contributed by atoms with Gasteiger partial charge in [0.25, 0.3) is 0 Å². The van der Waals surface area contributed by atoms with Gasteiger partial charge in [0.1, 0.15) is 17.5 Å². The topological polar surface area (TPSA) is 143 Å². The van der Waals surface area contributed by atoms with Gasteiger partial charge in [-0.25, -0.2) is 19.6 Å². The van der Waals surface area contributed by atoms with Gasteiger partial charge < -0.3 is 21.1 Å². The molecule has 2 amide bonds. The van der Waals surface area contributed by atoms with Gasteiger partial charge in [0.15, 0.2) is 5.16 Å². The number of nitrogens with one attached hydrogen (secondary N) is 2. The number of carbonyl (C=O) groups is 2. The van der Waals surface area contributed by atoms with Crippen LogP contribution in [-0.2, 0) is 9.53 Å². The molecule has 0 fully saturated rings. The molecule has 2 heterocycles. The fourth-order valence-corrected chi connectivity index (χ4v) is 3.67. The van der Waals surface area contributed by atoms with Crippen molar-refractivity contribution in [2.75, 3.05) is 18.1 Å². The molecule has 1 aromatic heterocycles. The molecule has 154 valence electrons. The molecule has 3 rings (SSSR count). The highest BCUT2D eigenvalue weighted by molar-refractivity contribution is 7.99. The van der Waals surface area contributed by atoms with Crippen LogP contribution in [0.4, 0.5) is 10.6 Å². The van der Waals surface area contributed by atoms with E-state index >= 15 is 0 Å². The Hall–Kier alpha value is -3.29. The smallest absolute Gasteiger partial charge is 0.338 e. The van der Waals surface area contributed by atoms with Gasteiger partial charge in [-0.1, -0.05) is 35.5 Å². The highest BCUT2D eigenvalue weighted by Gasteiger charge is 2.33. The summed E-state index contributed by atoms with van der Waals surface area (Å²) in [7, 11) is 0. The minimum Gasteiger partial charge on any atom is -0.463 e. The number of hydrogen-bond acceptors (Lipinski definition) is 8. The Kier molecular flexibility index (Phi) is 6.76. The van der Waals surface area contributed by atoms with Gasteiger partial charge in [-0.15, -0.1) is 0 Å². The molecule has 9 nitrogen and oxygen atoms in total. The molecule has 2 aromatic rings. The van der Waals surface area contributed by atoms with Crippen molar-refractivity contribution in [2.45, 2.75) is 18.1 Å². The highest BCUT2D eigenvalue weighted by atomic mass is 35.5. The van der Waals surface area contributed by atoms with Gasteiger partial charge >= 0.3 is 12.0 Å². The number of amides is 2. The number of anilines is 1. The van der Waals surface area contributed by atoms with Crippen LogP contribution in [0.5, 0.6) is 0 Å². The predicted molar refractivity (Wildman–Crippen MR) is 111 cm³/mol. The Morgan fingerprint density at radius 1 is 1.40 bits per heavy atom. The third kappa shape index (κ3) is 4.82. The third-order valence-electron chi connectivity index (χ3n) is 4.11. The van der Waals surface area contributed by atoms with Crippen LogP contribution in [0.15, 0.2) is 46.9 Å². The molecular formula is C19H17ClN6O3S. The minimum absolute atomic E-state index is 0.0583. The van der Waals surface area contributed by atoms with E-state index in [1.807, 2.05) is 6.07 Å². The highest BCUT2D eigenvalue weighted by Crippen LogP contribution is 2.31. The second-order valence-electron chi connectivity index (χ2n) is 6.05. The van der Waals surface area contributed by atoms with Crippen molar-refractivity contribution in [3.05, 3.63) is 57.9 Å². The fourth-order valence-electron chi connectivity index (χ4n) is 2.76. The lowest BCUT2D eigenvalue weighted by Gasteiger charge is -2.29. The maximum atomic E-state index is 12.7. The molecule has 1 aliphatic heterocycles.